The Morgan fingerprint density at radius 1 is 0.676 bits per heavy atom. The van der Waals surface area contributed by atoms with Gasteiger partial charge in [-0.2, -0.15) is 26.3 Å². The molecular weight excluding hydrogens is 538 g/mol. The summed E-state index contributed by atoms with van der Waals surface area (Å²) in [6.45, 7) is 10.6. The number of thiophene rings is 2. The SMILES string of the molecule is Cc1sc(C2=NC(C)(C)CO2)cc1C1=C(c2cc(C3=NC(C)(C)CO3)sc2C)C(F)(F)C(F)(F)C1(F)F. The first-order chi connectivity index (χ1) is 16.9. The Kier molecular flexibility index (Phi) is 5.57. The minimum absolute atomic E-state index is 0.166. The lowest BCUT2D eigenvalue weighted by molar-refractivity contribution is -0.254. The third-order valence-electron chi connectivity index (χ3n) is 6.40. The van der Waals surface area contributed by atoms with Crippen molar-refractivity contribution in [3.05, 3.63) is 42.8 Å². The first kappa shape index (κ1) is 26.3. The number of halogens is 6. The molecule has 12 heteroatoms. The van der Waals surface area contributed by atoms with E-state index in [-0.39, 0.29) is 45.9 Å². The highest BCUT2D eigenvalue weighted by Crippen LogP contribution is 2.65. The van der Waals surface area contributed by atoms with Crippen LogP contribution >= 0.6 is 22.7 Å². The van der Waals surface area contributed by atoms with Gasteiger partial charge in [-0.3, -0.25) is 0 Å². The monoisotopic (exact) mass is 562 g/mol. The highest BCUT2D eigenvalue weighted by Gasteiger charge is 2.80. The average molecular weight is 563 g/mol. The van der Waals surface area contributed by atoms with Gasteiger partial charge in [0.2, 0.25) is 11.8 Å². The van der Waals surface area contributed by atoms with E-state index in [1.165, 1.54) is 26.0 Å². The molecular formula is C25H24F6N2O2S2. The second-order valence-electron chi connectivity index (χ2n) is 10.7. The van der Waals surface area contributed by atoms with Gasteiger partial charge in [-0.1, -0.05) is 0 Å². The Hall–Kier alpha value is -2.34. The molecule has 5 rings (SSSR count). The summed E-state index contributed by atoms with van der Waals surface area (Å²) in [4.78, 5) is 9.74. The van der Waals surface area contributed by atoms with Crippen LogP contribution in [0.2, 0.25) is 0 Å². The van der Waals surface area contributed by atoms with Crippen molar-refractivity contribution in [3.63, 3.8) is 0 Å². The minimum Gasteiger partial charge on any atom is -0.474 e. The van der Waals surface area contributed by atoms with E-state index in [9.17, 15) is 8.78 Å². The number of ether oxygens (including phenoxy) is 2. The van der Waals surface area contributed by atoms with Gasteiger partial charge in [0.1, 0.15) is 13.2 Å². The molecule has 0 unspecified atom stereocenters. The van der Waals surface area contributed by atoms with Gasteiger partial charge in [-0.05, 0) is 64.8 Å². The Bertz CT molecular complexity index is 1300. The van der Waals surface area contributed by atoms with E-state index in [4.69, 9.17) is 9.47 Å². The zero-order valence-corrected chi connectivity index (χ0v) is 22.5. The summed E-state index contributed by atoms with van der Waals surface area (Å²) >= 11 is 1.95. The van der Waals surface area contributed by atoms with Crippen LogP contribution in [-0.4, -0.2) is 53.9 Å². The normalized spacial score (nSPS) is 24.6. The summed E-state index contributed by atoms with van der Waals surface area (Å²) in [5, 5.41) is 0. The molecule has 37 heavy (non-hydrogen) atoms. The zero-order chi connectivity index (χ0) is 27.3. The van der Waals surface area contributed by atoms with Crippen molar-refractivity contribution in [1.82, 2.24) is 0 Å². The largest absolute Gasteiger partial charge is 0.474 e. The molecule has 0 fully saturated rings. The lowest BCUT2D eigenvalue weighted by atomic mass is 9.95. The number of hydrogen-bond acceptors (Lipinski definition) is 6. The maximum Gasteiger partial charge on any atom is 0.380 e. The van der Waals surface area contributed by atoms with Gasteiger partial charge < -0.3 is 9.47 Å². The fourth-order valence-corrected chi connectivity index (χ4v) is 6.46. The maximum absolute atomic E-state index is 15.3. The number of hydrogen-bond donors (Lipinski definition) is 0. The summed E-state index contributed by atoms with van der Waals surface area (Å²) in [5.74, 6) is -15.6. The first-order valence-electron chi connectivity index (χ1n) is 11.4. The molecule has 0 atom stereocenters. The topological polar surface area (TPSA) is 43.2 Å². The molecule has 0 saturated heterocycles. The van der Waals surface area contributed by atoms with Crippen LogP contribution < -0.4 is 0 Å². The van der Waals surface area contributed by atoms with Crippen molar-refractivity contribution in [2.45, 2.75) is 70.4 Å². The smallest absolute Gasteiger partial charge is 0.380 e. The van der Waals surface area contributed by atoms with Crippen LogP contribution in [0, 0.1) is 13.8 Å². The van der Waals surface area contributed by atoms with Crippen molar-refractivity contribution in [3.8, 4) is 0 Å². The number of aryl methyl sites for hydroxylation is 2. The van der Waals surface area contributed by atoms with Gasteiger partial charge in [0, 0.05) is 20.9 Å². The summed E-state index contributed by atoms with van der Waals surface area (Å²) in [7, 11) is 0. The molecule has 2 aromatic heterocycles. The third-order valence-corrected chi connectivity index (χ3v) is 8.47. The van der Waals surface area contributed by atoms with Crippen molar-refractivity contribution < 1.29 is 35.8 Å². The van der Waals surface area contributed by atoms with E-state index in [1.807, 2.05) is 27.7 Å². The van der Waals surface area contributed by atoms with E-state index in [0.29, 0.717) is 9.75 Å². The van der Waals surface area contributed by atoms with Gasteiger partial charge >= 0.3 is 17.8 Å². The second kappa shape index (κ2) is 7.84. The fraction of sp³-hybridized carbons (Fsp3) is 0.520. The number of nitrogens with zero attached hydrogens (tertiary/aromatic N) is 2. The Morgan fingerprint density at radius 3 is 1.32 bits per heavy atom. The standard InChI is InChI=1S/C25H24F6N2O2S2/c1-11-13(7-15(36-11)19-32-21(3,4)9-34-19)17-18(24(28,29)25(30,31)23(17,26)27)14-8-16(37-12(14)2)20-33-22(5,6)10-35-20/h7-8H,9-10H2,1-6H3. The second-order valence-corrected chi connectivity index (χ2v) is 13.2. The molecule has 0 saturated carbocycles. The third kappa shape index (κ3) is 3.85. The summed E-state index contributed by atoms with van der Waals surface area (Å²) in [6.07, 6.45) is 0. The van der Waals surface area contributed by atoms with Crippen LogP contribution in [0.15, 0.2) is 22.1 Å². The lowest BCUT2D eigenvalue weighted by Crippen LogP contribution is -2.48. The highest BCUT2D eigenvalue weighted by molar-refractivity contribution is 7.14. The van der Waals surface area contributed by atoms with Gasteiger partial charge in [-0.15, -0.1) is 22.7 Å². The molecule has 0 bridgehead atoms. The molecule has 0 radical (unpaired) electrons. The van der Waals surface area contributed by atoms with E-state index < -0.39 is 40.0 Å². The summed E-state index contributed by atoms with van der Waals surface area (Å²) < 4.78 is 102. The van der Waals surface area contributed by atoms with Crippen molar-refractivity contribution >= 4 is 45.6 Å². The number of aliphatic imine (C=N–C) groups is 2. The molecule has 4 heterocycles. The minimum atomic E-state index is -5.64. The fourth-order valence-electron chi connectivity index (χ4n) is 4.53. The van der Waals surface area contributed by atoms with E-state index >= 15 is 17.6 Å². The Balaban J connectivity index is 1.73. The number of allylic oxidation sites excluding steroid dienone is 2. The van der Waals surface area contributed by atoms with E-state index in [1.54, 1.807) is 0 Å². The molecule has 2 aromatic rings. The maximum atomic E-state index is 15.3. The quantitative estimate of drug-likeness (QED) is 0.365. The van der Waals surface area contributed by atoms with Crippen LogP contribution in [-0.2, 0) is 9.47 Å². The van der Waals surface area contributed by atoms with Gasteiger partial charge in [0.25, 0.3) is 0 Å². The molecule has 0 N–H and O–H groups in total. The van der Waals surface area contributed by atoms with Crippen molar-refractivity contribution in [1.29, 1.82) is 0 Å². The summed E-state index contributed by atoms with van der Waals surface area (Å²) in [5.41, 5.74) is -4.64. The van der Waals surface area contributed by atoms with Crippen LogP contribution in [0.1, 0.15) is 58.3 Å². The van der Waals surface area contributed by atoms with Gasteiger partial charge in [-0.25, -0.2) is 9.98 Å². The van der Waals surface area contributed by atoms with Crippen molar-refractivity contribution in [2.75, 3.05) is 13.2 Å². The Labute approximate surface area is 217 Å². The van der Waals surface area contributed by atoms with Crippen LogP contribution in [0.25, 0.3) is 11.1 Å². The molecule has 4 nitrogen and oxygen atoms in total. The van der Waals surface area contributed by atoms with Gasteiger partial charge in [0.05, 0.1) is 20.8 Å². The molecule has 2 aliphatic heterocycles. The number of rotatable bonds is 4. The zero-order valence-electron chi connectivity index (χ0n) is 20.9. The van der Waals surface area contributed by atoms with Crippen LogP contribution in [0.5, 0.6) is 0 Å². The van der Waals surface area contributed by atoms with Gasteiger partial charge in [0.15, 0.2) is 0 Å². The number of alkyl halides is 6. The van der Waals surface area contributed by atoms with E-state index in [2.05, 4.69) is 9.98 Å². The molecule has 3 aliphatic rings. The first-order valence-corrected chi connectivity index (χ1v) is 13.1. The summed E-state index contributed by atoms with van der Waals surface area (Å²) in [6, 6.07) is 2.38. The van der Waals surface area contributed by atoms with Crippen LogP contribution in [0.3, 0.4) is 0 Å². The molecule has 0 spiro atoms. The highest BCUT2D eigenvalue weighted by atomic mass is 32.1. The van der Waals surface area contributed by atoms with Crippen LogP contribution in [0.4, 0.5) is 26.3 Å². The molecule has 0 aromatic carbocycles. The van der Waals surface area contributed by atoms with Crippen molar-refractivity contribution in [2.24, 2.45) is 9.98 Å². The predicted molar refractivity (Wildman–Crippen MR) is 133 cm³/mol. The Morgan fingerprint density at radius 2 is 1.03 bits per heavy atom. The average Bonchev–Trinajstić information content (AvgIpc) is 3.52. The molecule has 200 valence electrons. The predicted octanol–water partition coefficient (Wildman–Crippen LogP) is 7.37. The molecule has 1 aliphatic carbocycles. The molecule has 0 amide bonds. The van der Waals surface area contributed by atoms with E-state index in [0.717, 1.165) is 22.7 Å². The lowest BCUT2D eigenvalue weighted by Gasteiger charge is -2.25.